The van der Waals surface area contributed by atoms with Crippen molar-refractivity contribution in [2.75, 3.05) is 18.7 Å². The molecule has 0 fully saturated rings. The molecule has 1 amide bonds. The van der Waals surface area contributed by atoms with Gasteiger partial charge in [-0.05, 0) is 18.6 Å². The Bertz CT molecular complexity index is 719. The van der Waals surface area contributed by atoms with Gasteiger partial charge in [-0.1, -0.05) is 31.6 Å². The maximum absolute atomic E-state index is 12.0. The summed E-state index contributed by atoms with van der Waals surface area (Å²) >= 11 is 1.40. The minimum atomic E-state index is -0.279. The average molecular weight is 349 g/mol. The Labute approximate surface area is 144 Å². The van der Waals surface area contributed by atoms with Gasteiger partial charge in [-0.3, -0.25) is 10.1 Å². The van der Waals surface area contributed by atoms with Gasteiger partial charge >= 0.3 is 0 Å². The summed E-state index contributed by atoms with van der Waals surface area (Å²) in [4.78, 5) is 12.0. The standard InChI is InChI=1S/C16H19N3O4S/c1-3-4-10(2)15-18-19-16(24-15)17-14(20)8-21-11-5-6-12-13(7-11)23-9-22-12/h5-7,10H,3-4,8-9H2,1-2H3,(H,17,19,20)/t10-/m0/s1. The minimum absolute atomic E-state index is 0.112. The van der Waals surface area contributed by atoms with Gasteiger partial charge in [0.15, 0.2) is 18.1 Å². The first kappa shape index (κ1) is 16.5. The summed E-state index contributed by atoms with van der Waals surface area (Å²) in [5, 5.41) is 12.3. The molecule has 0 unspecified atom stereocenters. The van der Waals surface area contributed by atoms with E-state index in [0.29, 0.717) is 28.3 Å². The molecule has 2 heterocycles. The van der Waals surface area contributed by atoms with Crippen LogP contribution in [-0.4, -0.2) is 29.5 Å². The summed E-state index contributed by atoms with van der Waals surface area (Å²) in [6.07, 6.45) is 2.14. The number of hydrogen-bond acceptors (Lipinski definition) is 7. The molecule has 1 aromatic carbocycles. The maximum Gasteiger partial charge on any atom is 0.264 e. The third kappa shape index (κ3) is 3.94. The van der Waals surface area contributed by atoms with E-state index in [-0.39, 0.29) is 19.3 Å². The number of ether oxygens (including phenoxy) is 3. The van der Waals surface area contributed by atoms with Crippen molar-refractivity contribution in [1.29, 1.82) is 0 Å². The molecular weight excluding hydrogens is 330 g/mol. The highest BCUT2D eigenvalue weighted by molar-refractivity contribution is 7.15. The molecule has 0 bridgehead atoms. The van der Waals surface area contributed by atoms with Crippen LogP contribution in [0, 0.1) is 0 Å². The molecule has 1 atom stereocenters. The van der Waals surface area contributed by atoms with Gasteiger partial charge in [0.05, 0.1) is 0 Å². The van der Waals surface area contributed by atoms with Crippen LogP contribution in [-0.2, 0) is 4.79 Å². The monoisotopic (exact) mass is 349 g/mol. The molecule has 3 rings (SSSR count). The maximum atomic E-state index is 12.0. The number of fused-ring (bicyclic) bond motifs is 1. The van der Waals surface area contributed by atoms with Crippen molar-refractivity contribution < 1.29 is 19.0 Å². The van der Waals surface area contributed by atoms with Crippen molar-refractivity contribution in [1.82, 2.24) is 10.2 Å². The van der Waals surface area contributed by atoms with E-state index in [4.69, 9.17) is 14.2 Å². The van der Waals surface area contributed by atoms with Crippen molar-refractivity contribution in [3.63, 3.8) is 0 Å². The van der Waals surface area contributed by atoms with Gasteiger partial charge in [0.1, 0.15) is 10.8 Å². The van der Waals surface area contributed by atoms with E-state index in [2.05, 4.69) is 29.4 Å². The van der Waals surface area contributed by atoms with E-state index in [1.54, 1.807) is 18.2 Å². The summed E-state index contributed by atoms with van der Waals surface area (Å²) in [5.74, 6) is 1.91. The molecule has 8 heteroatoms. The molecule has 1 aliphatic heterocycles. The molecule has 0 saturated carbocycles. The second-order valence-corrected chi connectivity index (χ2v) is 6.50. The molecule has 0 radical (unpaired) electrons. The summed E-state index contributed by atoms with van der Waals surface area (Å²) in [6, 6.07) is 5.18. The fraction of sp³-hybridized carbons (Fsp3) is 0.438. The number of nitrogens with zero attached hydrogens (tertiary/aromatic N) is 2. The lowest BCUT2D eigenvalue weighted by molar-refractivity contribution is -0.118. The van der Waals surface area contributed by atoms with Crippen molar-refractivity contribution in [2.24, 2.45) is 0 Å². The van der Waals surface area contributed by atoms with E-state index < -0.39 is 0 Å². The van der Waals surface area contributed by atoms with Gasteiger partial charge in [-0.15, -0.1) is 10.2 Å². The van der Waals surface area contributed by atoms with Gasteiger partial charge in [-0.25, -0.2) is 0 Å². The van der Waals surface area contributed by atoms with Crippen LogP contribution >= 0.6 is 11.3 Å². The number of nitrogens with one attached hydrogen (secondary N) is 1. The average Bonchev–Trinajstić information content (AvgIpc) is 3.21. The third-order valence-electron chi connectivity index (χ3n) is 3.54. The highest BCUT2D eigenvalue weighted by Gasteiger charge is 2.15. The van der Waals surface area contributed by atoms with Crippen LogP contribution < -0.4 is 19.5 Å². The highest BCUT2D eigenvalue weighted by atomic mass is 32.1. The third-order valence-corrected chi connectivity index (χ3v) is 4.61. The first-order valence-corrected chi connectivity index (χ1v) is 8.63. The van der Waals surface area contributed by atoms with Crippen LogP contribution in [0.25, 0.3) is 0 Å². The Hall–Kier alpha value is -2.35. The summed E-state index contributed by atoms with van der Waals surface area (Å²) in [7, 11) is 0. The number of amides is 1. The quantitative estimate of drug-likeness (QED) is 0.826. The molecule has 24 heavy (non-hydrogen) atoms. The van der Waals surface area contributed by atoms with Crippen LogP contribution in [0.2, 0.25) is 0 Å². The predicted octanol–water partition coefficient (Wildman–Crippen LogP) is 3.19. The second-order valence-electron chi connectivity index (χ2n) is 5.49. The van der Waals surface area contributed by atoms with E-state index >= 15 is 0 Å². The van der Waals surface area contributed by atoms with Crippen LogP contribution in [0.4, 0.5) is 5.13 Å². The largest absolute Gasteiger partial charge is 0.484 e. The minimum Gasteiger partial charge on any atom is -0.484 e. The molecular formula is C16H19N3O4S. The Balaban J connectivity index is 1.51. The lowest BCUT2D eigenvalue weighted by Crippen LogP contribution is -2.20. The zero-order valence-corrected chi connectivity index (χ0v) is 14.4. The fourth-order valence-corrected chi connectivity index (χ4v) is 3.16. The number of hydrogen-bond donors (Lipinski definition) is 1. The first-order valence-electron chi connectivity index (χ1n) is 7.81. The summed E-state index contributed by atoms with van der Waals surface area (Å²) in [5.41, 5.74) is 0. The number of rotatable bonds is 7. The summed E-state index contributed by atoms with van der Waals surface area (Å²) < 4.78 is 16.0. The number of anilines is 1. The van der Waals surface area contributed by atoms with Gasteiger partial charge in [0, 0.05) is 12.0 Å². The Morgan fingerprint density at radius 1 is 1.38 bits per heavy atom. The number of carbonyl (C=O) groups excluding carboxylic acids is 1. The van der Waals surface area contributed by atoms with Gasteiger partial charge in [0.2, 0.25) is 11.9 Å². The van der Waals surface area contributed by atoms with Gasteiger partial charge in [0.25, 0.3) is 5.91 Å². The Morgan fingerprint density at radius 3 is 3.04 bits per heavy atom. The Morgan fingerprint density at radius 2 is 2.21 bits per heavy atom. The molecule has 1 aromatic heterocycles. The number of aromatic nitrogens is 2. The van der Waals surface area contributed by atoms with Gasteiger partial charge < -0.3 is 14.2 Å². The fourth-order valence-electron chi connectivity index (χ4n) is 2.31. The van der Waals surface area contributed by atoms with Crippen LogP contribution in [0.1, 0.15) is 37.6 Å². The first-order chi connectivity index (χ1) is 11.7. The zero-order valence-electron chi connectivity index (χ0n) is 13.6. The molecule has 0 spiro atoms. The van der Waals surface area contributed by atoms with Crippen molar-refractivity contribution in [3.8, 4) is 17.2 Å². The van der Waals surface area contributed by atoms with E-state index in [1.807, 2.05) is 0 Å². The molecule has 1 aliphatic rings. The lowest BCUT2D eigenvalue weighted by atomic mass is 10.1. The SMILES string of the molecule is CCC[C@H](C)c1nnc(NC(=O)COc2ccc3c(c2)OCO3)s1. The molecule has 0 saturated heterocycles. The van der Waals surface area contributed by atoms with Crippen molar-refractivity contribution in [2.45, 2.75) is 32.6 Å². The molecule has 1 N–H and O–H groups in total. The van der Waals surface area contributed by atoms with Crippen LogP contribution in [0.15, 0.2) is 18.2 Å². The van der Waals surface area contributed by atoms with Crippen LogP contribution in [0.3, 0.4) is 0 Å². The topological polar surface area (TPSA) is 82.6 Å². The number of carbonyl (C=O) groups is 1. The van der Waals surface area contributed by atoms with Crippen molar-refractivity contribution in [3.05, 3.63) is 23.2 Å². The molecule has 0 aliphatic carbocycles. The lowest BCUT2D eigenvalue weighted by Gasteiger charge is -2.06. The van der Waals surface area contributed by atoms with E-state index in [9.17, 15) is 4.79 Å². The second kappa shape index (κ2) is 7.48. The normalized spacial score (nSPS) is 13.6. The van der Waals surface area contributed by atoms with Gasteiger partial charge in [-0.2, -0.15) is 0 Å². The Kier molecular flexibility index (Phi) is 5.14. The predicted molar refractivity (Wildman–Crippen MR) is 89.9 cm³/mol. The van der Waals surface area contributed by atoms with Crippen molar-refractivity contribution >= 4 is 22.4 Å². The molecule has 128 valence electrons. The highest BCUT2D eigenvalue weighted by Crippen LogP contribution is 2.35. The van der Waals surface area contributed by atoms with E-state index in [0.717, 1.165) is 17.8 Å². The van der Waals surface area contributed by atoms with Crippen LogP contribution in [0.5, 0.6) is 17.2 Å². The van der Waals surface area contributed by atoms with E-state index in [1.165, 1.54) is 11.3 Å². The molecule has 2 aromatic rings. The molecule has 7 nitrogen and oxygen atoms in total. The zero-order chi connectivity index (χ0) is 16.9. The summed E-state index contributed by atoms with van der Waals surface area (Å²) in [6.45, 7) is 4.33. The smallest absolute Gasteiger partial charge is 0.264 e. The number of benzene rings is 1.